The van der Waals surface area contributed by atoms with E-state index in [9.17, 15) is 4.79 Å². The smallest absolute Gasteiger partial charge is 0.407 e. The van der Waals surface area contributed by atoms with Gasteiger partial charge in [-0.1, -0.05) is 0 Å². The number of hydrogen-bond acceptors (Lipinski definition) is 8. The molecule has 0 atom stereocenters. The molecule has 2 N–H and O–H groups in total. The zero-order valence-electron chi connectivity index (χ0n) is 21.5. The quantitative estimate of drug-likeness (QED) is 0.361. The molecule has 0 spiro atoms. The van der Waals surface area contributed by atoms with Crippen molar-refractivity contribution in [3.63, 3.8) is 0 Å². The molecule has 0 radical (unpaired) electrons. The molecule has 1 aliphatic heterocycles. The Balaban J connectivity index is 1.10. The molecule has 0 saturated carbocycles. The summed E-state index contributed by atoms with van der Waals surface area (Å²) < 4.78 is 17.6. The van der Waals surface area contributed by atoms with Crippen molar-refractivity contribution in [2.45, 2.75) is 38.9 Å². The zero-order chi connectivity index (χ0) is 25.5. The van der Waals surface area contributed by atoms with Gasteiger partial charge in [0.1, 0.15) is 16.4 Å². The second-order valence-corrected chi connectivity index (χ2v) is 10.9. The summed E-state index contributed by atoms with van der Waals surface area (Å²) in [4.78, 5) is 18.7. The summed E-state index contributed by atoms with van der Waals surface area (Å²) in [6, 6.07) is 14.6. The highest BCUT2D eigenvalue weighted by atomic mass is 32.1. The van der Waals surface area contributed by atoms with Crippen LogP contribution in [0.5, 0.6) is 5.75 Å². The van der Waals surface area contributed by atoms with Crippen LogP contribution in [0, 0.1) is 0 Å². The van der Waals surface area contributed by atoms with Crippen molar-refractivity contribution in [3.05, 3.63) is 42.5 Å². The number of rotatable bonds is 11. The second kappa shape index (κ2) is 11.9. The van der Waals surface area contributed by atoms with E-state index < -0.39 is 5.60 Å². The number of carbonyl (C=O) groups excluding carboxylic acids is 1. The predicted octanol–water partition coefficient (Wildman–Crippen LogP) is 4.68. The number of anilines is 1. The number of aromatic nitrogens is 1. The van der Waals surface area contributed by atoms with Crippen molar-refractivity contribution in [1.82, 2.24) is 15.6 Å². The summed E-state index contributed by atoms with van der Waals surface area (Å²) >= 11 is 1.68. The summed E-state index contributed by atoms with van der Waals surface area (Å²) in [5.41, 5.74) is 2.86. The van der Waals surface area contributed by atoms with Crippen LogP contribution < -0.4 is 20.3 Å². The molecule has 9 heteroatoms. The first-order valence-electron chi connectivity index (χ1n) is 12.4. The van der Waals surface area contributed by atoms with E-state index in [0.717, 1.165) is 59.2 Å². The minimum absolute atomic E-state index is 0.276. The van der Waals surface area contributed by atoms with E-state index in [1.807, 2.05) is 39.0 Å². The Labute approximate surface area is 216 Å². The molecule has 194 valence electrons. The lowest BCUT2D eigenvalue weighted by Gasteiger charge is -2.40. The monoisotopic (exact) mass is 512 g/mol. The fraction of sp³-hybridized carbons (Fsp3) is 0.481. The number of benzene rings is 2. The van der Waals surface area contributed by atoms with Crippen LogP contribution in [-0.2, 0) is 9.47 Å². The van der Waals surface area contributed by atoms with Gasteiger partial charge in [-0.05, 0) is 76.2 Å². The molecule has 0 bridgehead atoms. The summed E-state index contributed by atoms with van der Waals surface area (Å²) in [6.45, 7) is 10.2. The predicted molar refractivity (Wildman–Crippen MR) is 145 cm³/mol. The molecule has 1 aliphatic rings. The molecule has 1 fully saturated rings. The lowest BCUT2D eigenvalue weighted by molar-refractivity contribution is 0.0330. The first kappa shape index (κ1) is 26.2. The van der Waals surface area contributed by atoms with E-state index in [1.165, 1.54) is 5.69 Å². The number of nitrogens with one attached hydrogen (secondary N) is 2. The lowest BCUT2D eigenvalue weighted by Crippen LogP contribution is -2.52. The molecule has 4 rings (SSSR count). The van der Waals surface area contributed by atoms with Crippen molar-refractivity contribution >= 4 is 33.3 Å². The van der Waals surface area contributed by atoms with Crippen LogP contribution in [-0.4, -0.2) is 69.2 Å². The molecule has 0 aliphatic carbocycles. The Morgan fingerprint density at radius 2 is 1.89 bits per heavy atom. The number of fused-ring (bicyclic) bond motifs is 1. The molecule has 36 heavy (non-hydrogen) atoms. The second-order valence-electron chi connectivity index (χ2n) is 9.83. The van der Waals surface area contributed by atoms with Crippen LogP contribution in [0.25, 0.3) is 20.8 Å². The molecule has 1 aromatic heterocycles. The molecule has 1 saturated heterocycles. The third-order valence-electron chi connectivity index (χ3n) is 5.74. The van der Waals surface area contributed by atoms with Gasteiger partial charge in [0.15, 0.2) is 0 Å². The largest absolute Gasteiger partial charge is 0.497 e. The van der Waals surface area contributed by atoms with Crippen LogP contribution in [0.2, 0.25) is 0 Å². The SMILES string of the molecule is COc1ccc2nc(-c3ccc(N4CC(OCCCNCCNC(=O)OC(C)(C)C)C4)cc3)sc2c1. The third-order valence-corrected chi connectivity index (χ3v) is 6.81. The summed E-state index contributed by atoms with van der Waals surface area (Å²) in [5, 5.41) is 7.07. The van der Waals surface area contributed by atoms with Gasteiger partial charge in [-0.3, -0.25) is 0 Å². The number of amides is 1. The van der Waals surface area contributed by atoms with Gasteiger partial charge in [-0.25, -0.2) is 9.78 Å². The van der Waals surface area contributed by atoms with Crippen molar-refractivity contribution in [2.75, 3.05) is 51.3 Å². The highest BCUT2D eigenvalue weighted by Crippen LogP contribution is 2.33. The van der Waals surface area contributed by atoms with Gasteiger partial charge < -0.3 is 29.7 Å². The highest BCUT2D eigenvalue weighted by Gasteiger charge is 2.27. The van der Waals surface area contributed by atoms with E-state index >= 15 is 0 Å². The van der Waals surface area contributed by atoms with Gasteiger partial charge in [0, 0.05) is 44.0 Å². The Bertz CT molecular complexity index is 1140. The van der Waals surface area contributed by atoms with Crippen LogP contribution >= 0.6 is 11.3 Å². The number of alkyl carbamates (subject to hydrolysis) is 1. The maximum absolute atomic E-state index is 11.6. The third kappa shape index (κ3) is 7.32. The van der Waals surface area contributed by atoms with Gasteiger partial charge in [0.25, 0.3) is 0 Å². The number of hydrogen-bond donors (Lipinski definition) is 2. The molecular formula is C27H36N4O4S. The highest BCUT2D eigenvalue weighted by molar-refractivity contribution is 7.21. The summed E-state index contributed by atoms with van der Waals surface area (Å²) in [5.74, 6) is 0.853. The van der Waals surface area contributed by atoms with E-state index in [-0.39, 0.29) is 12.2 Å². The number of carbonyl (C=O) groups is 1. The number of methoxy groups -OCH3 is 1. The van der Waals surface area contributed by atoms with Crippen molar-refractivity contribution < 1.29 is 19.0 Å². The van der Waals surface area contributed by atoms with Gasteiger partial charge in [0.2, 0.25) is 0 Å². The summed E-state index contributed by atoms with van der Waals surface area (Å²) in [6.07, 6.45) is 0.832. The van der Waals surface area contributed by atoms with Crippen LogP contribution in [0.4, 0.5) is 10.5 Å². The normalized spacial score (nSPS) is 14.1. The van der Waals surface area contributed by atoms with Crippen LogP contribution in [0.1, 0.15) is 27.2 Å². The van der Waals surface area contributed by atoms with Crippen LogP contribution in [0.15, 0.2) is 42.5 Å². The zero-order valence-corrected chi connectivity index (χ0v) is 22.3. The maximum atomic E-state index is 11.6. The molecule has 2 heterocycles. The molecule has 8 nitrogen and oxygen atoms in total. The minimum Gasteiger partial charge on any atom is -0.497 e. The Morgan fingerprint density at radius 1 is 1.11 bits per heavy atom. The average Bonchev–Trinajstić information content (AvgIpc) is 3.24. The molecular weight excluding hydrogens is 476 g/mol. The Kier molecular flexibility index (Phi) is 8.66. The molecule has 2 aromatic carbocycles. The van der Waals surface area contributed by atoms with Gasteiger partial charge >= 0.3 is 6.09 Å². The first-order chi connectivity index (χ1) is 17.3. The van der Waals surface area contributed by atoms with E-state index in [2.05, 4.69) is 39.8 Å². The number of nitrogens with zero attached hydrogens (tertiary/aromatic N) is 2. The lowest BCUT2D eigenvalue weighted by atomic mass is 10.1. The first-order valence-corrected chi connectivity index (χ1v) is 13.2. The number of ether oxygens (including phenoxy) is 3. The van der Waals surface area contributed by atoms with Crippen molar-refractivity contribution in [3.8, 4) is 16.3 Å². The summed E-state index contributed by atoms with van der Waals surface area (Å²) in [7, 11) is 1.68. The molecule has 3 aromatic rings. The fourth-order valence-electron chi connectivity index (χ4n) is 3.86. The van der Waals surface area contributed by atoms with Gasteiger partial charge in [0.05, 0.1) is 23.4 Å². The van der Waals surface area contributed by atoms with Crippen LogP contribution in [0.3, 0.4) is 0 Å². The van der Waals surface area contributed by atoms with Crippen molar-refractivity contribution in [1.29, 1.82) is 0 Å². The van der Waals surface area contributed by atoms with Gasteiger partial charge in [-0.2, -0.15) is 0 Å². The van der Waals surface area contributed by atoms with E-state index in [4.69, 9.17) is 19.2 Å². The number of thiazole rings is 1. The molecule has 1 amide bonds. The topological polar surface area (TPSA) is 85.0 Å². The average molecular weight is 513 g/mol. The molecule has 0 unspecified atom stereocenters. The van der Waals surface area contributed by atoms with E-state index in [0.29, 0.717) is 13.1 Å². The Hall–Kier alpha value is -2.88. The fourth-order valence-corrected chi connectivity index (χ4v) is 4.86. The minimum atomic E-state index is -0.470. The van der Waals surface area contributed by atoms with Crippen molar-refractivity contribution in [2.24, 2.45) is 0 Å². The maximum Gasteiger partial charge on any atom is 0.407 e. The standard InChI is InChI=1S/C27H36N4O4S/c1-27(2,3)35-26(32)29-14-13-28-12-5-15-34-22-17-31(18-22)20-8-6-19(7-9-20)25-30-23-11-10-21(33-4)16-24(23)36-25/h6-11,16,22,28H,5,12-15,17-18H2,1-4H3,(H,29,32). The van der Waals surface area contributed by atoms with E-state index in [1.54, 1.807) is 18.4 Å². The Morgan fingerprint density at radius 3 is 2.61 bits per heavy atom. The van der Waals surface area contributed by atoms with Gasteiger partial charge in [-0.15, -0.1) is 11.3 Å².